The van der Waals surface area contributed by atoms with Crippen molar-refractivity contribution in [1.29, 1.82) is 0 Å². The Morgan fingerprint density at radius 1 is 1.05 bits per heavy atom. The number of hydrogen-bond donors (Lipinski definition) is 0. The summed E-state index contributed by atoms with van der Waals surface area (Å²) < 4.78 is 1.31. The quantitative estimate of drug-likeness (QED) is 0.334. The van der Waals surface area contributed by atoms with Crippen LogP contribution in [0.15, 0.2) is 24.3 Å². The molecule has 2 aromatic rings. The fraction of sp³-hybridized carbons (Fsp3) is 0.611. The van der Waals surface area contributed by atoms with E-state index < -0.39 is 0 Å². The minimum atomic E-state index is 0.578. The standard InChI is InChI=1S/C18H26BrNS/c1-2-3-4-5-6-7-8-11-15(19)14-18-20-16-12-9-10-13-17(16)21-18/h9-10,12-13,15H,2-8,11,14H2,1H3. The summed E-state index contributed by atoms with van der Waals surface area (Å²) in [5, 5.41) is 1.26. The molecule has 0 aliphatic heterocycles. The van der Waals surface area contributed by atoms with E-state index in [0.29, 0.717) is 4.83 Å². The van der Waals surface area contributed by atoms with Crippen LogP contribution in [0.25, 0.3) is 10.2 Å². The zero-order valence-corrected chi connectivity index (χ0v) is 15.4. The largest absolute Gasteiger partial charge is 0.241 e. The Labute approximate surface area is 141 Å². The number of rotatable bonds is 10. The first-order valence-corrected chi connectivity index (χ1v) is 10.0. The van der Waals surface area contributed by atoms with Gasteiger partial charge in [-0.2, -0.15) is 0 Å². The number of benzene rings is 1. The number of aromatic nitrogens is 1. The highest BCUT2D eigenvalue weighted by atomic mass is 79.9. The molecule has 3 heteroatoms. The van der Waals surface area contributed by atoms with E-state index in [4.69, 9.17) is 4.98 Å². The fourth-order valence-electron chi connectivity index (χ4n) is 2.62. The minimum absolute atomic E-state index is 0.578. The Bertz CT molecular complexity index is 490. The molecule has 1 aromatic carbocycles. The molecule has 116 valence electrons. The Kier molecular flexibility index (Phi) is 7.73. The van der Waals surface area contributed by atoms with E-state index in [1.54, 1.807) is 0 Å². The summed E-state index contributed by atoms with van der Waals surface area (Å²) in [7, 11) is 0. The van der Waals surface area contributed by atoms with E-state index >= 15 is 0 Å². The molecule has 1 unspecified atom stereocenters. The molecule has 0 spiro atoms. The molecule has 21 heavy (non-hydrogen) atoms. The lowest BCUT2D eigenvalue weighted by molar-refractivity contribution is 0.570. The van der Waals surface area contributed by atoms with Crippen molar-refractivity contribution in [2.75, 3.05) is 0 Å². The maximum Gasteiger partial charge on any atom is 0.0949 e. The fourth-order valence-corrected chi connectivity index (χ4v) is 4.51. The lowest BCUT2D eigenvalue weighted by Gasteiger charge is -2.07. The Balaban J connectivity index is 1.64. The van der Waals surface area contributed by atoms with Crippen molar-refractivity contribution in [2.45, 2.75) is 69.5 Å². The SMILES string of the molecule is CCCCCCCCCC(Br)Cc1nc2ccccc2s1. The van der Waals surface area contributed by atoms with E-state index in [1.165, 1.54) is 61.1 Å². The van der Waals surface area contributed by atoms with Crippen molar-refractivity contribution in [2.24, 2.45) is 0 Å². The number of para-hydroxylation sites is 1. The molecule has 0 fully saturated rings. The average Bonchev–Trinajstić information content (AvgIpc) is 2.88. The number of thiazole rings is 1. The van der Waals surface area contributed by atoms with Crippen LogP contribution in [0.2, 0.25) is 0 Å². The van der Waals surface area contributed by atoms with E-state index in [0.717, 1.165) is 11.9 Å². The lowest BCUT2D eigenvalue weighted by atomic mass is 10.1. The molecule has 0 aliphatic carbocycles. The lowest BCUT2D eigenvalue weighted by Crippen LogP contribution is -2.02. The summed E-state index contributed by atoms with van der Waals surface area (Å²) in [6, 6.07) is 8.43. The van der Waals surface area contributed by atoms with Gasteiger partial charge in [-0.25, -0.2) is 4.98 Å². The average molecular weight is 368 g/mol. The minimum Gasteiger partial charge on any atom is -0.241 e. The molecule has 0 bridgehead atoms. The summed E-state index contributed by atoms with van der Waals surface area (Å²) in [6.45, 7) is 2.28. The molecule has 0 radical (unpaired) electrons. The van der Waals surface area contributed by atoms with Gasteiger partial charge in [-0.1, -0.05) is 79.9 Å². The van der Waals surface area contributed by atoms with Crippen molar-refractivity contribution < 1.29 is 0 Å². The molecular formula is C18H26BrNS. The first kappa shape index (κ1) is 17.0. The maximum absolute atomic E-state index is 4.72. The third-order valence-electron chi connectivity index (χ3n) is 3.86. The highest BCUT2D eigenvalue weighted by Gasteiger charge is 2.09. The second-order valence-corrected chi connectivity index (χ2v) is 8.20. The predicted molar refractivity (Wildman–Crippen MR) is 98.6 cm³/mol. The molecule has 1 heterocycles. The summed E-state index contributed by atoms with van der Waals surface area (Å²) in [4.78, 5) is 5.30. The molecule has 0 amide bonds. The van der Waals surface area contributed by atoms with Crippen LogP contribution in [0.1, 0.15) is 63.3 Å². The Morgan fingerprint density at radius 3 is 2.52 bits per heavy atom. The number of unbranched alkanes of at least 4 members (excludes halogenated alkanes) is 6. The van der Waals surface area contributed by atoms with E-state index in [-0.39, 0.29) is 0 Å². The van der Waals surface area contributed by atoms with E-state index in [1.807, 2.05) is 11.3 Å². The monoisotopic (exact) mass is 367 g/mol. The Morgan fingerprint density at radius 2 is 1.76 bits per heavy atom. The van der Waals surface area contributed by atoms with Crippen molar-refractivity contribution in [1.82, 2.24) is 4.98 Å². The van der Waals surface area contributed by atoms with Crippen LogP contribution in [0.4, 0.5) is 0 Å². The second kappa shape index (κ2) is 9.58. The van der Waals surface area contributed by atoms with Crippen molar-refractivity contribution in [3.05, 3.63) is 29.3 Å². The number of fused-ring (bicyclic) bond motifs is 1. The van der Waals surface area contributed by atoms with Crippen molar-refractivity contribution in [3.63, 3.8) is 0 Å². The molecule has 2 rings (SSSR count). The number of halogens is 1. The number of nitrogens with zero attached hydrogens (tertiary/aromatic N) is 1. The highest BCUT2D eigenvalue weighted by Crippen LogP contribution is 2.25. The van der Waals surface area contributed by atoms with Gasteiger partial charge in [-0.3, -0.25) is 0 Å². The van der Waals surface area contributed by atoms with Gasteiger partial charge in [0.1, 0.15) is 0 Å². The van der Waals surface area contributed by atoms with Gasteiger partial charge >= 0.3 is 0 Å². The molecule has 1 atom stereocenters. The van der Waals surface area contributed by atoms with Crippen LogP contribution in [-0.2, 0) is 6.42 Å². The highest BCUT2D eigenvalue weighted by molar-refractivity contribution is 9.09. The molecule has 0 N–H and O–H groups in total. The van der Waals surface area contributed by atoms with Gasteiger partial charge in [-0.05, 0) is 18.6 Å². The number of hydrogen-bond acceptors (Lipinski definition) is 2. The van der Waals surface area contributed by atoms with Crippen molar-refractivity contribution >= 4 is 37.5 Å². The van der Waals surface area contributed by atoms with E-state index in [2.05, 4.69) is 47.1 Å². The molecule has 0 saturated heterocycles. The molecule has 0 aliphatic rings. The van der Waals surface area contributed by atoms with Crippen molar-refractivity contribution in [3.8, 4) is 0 Å². The zero-order valence-electron chi connectivity index (χ0n) is 13.0. The normalized spacial score (nSPS) is 12.9. The summed E-state index contributed by atoms with van der Waals surface area (Å²) >= 11 is 5.67. The third kappa shape index (κ3) is 6.07. The van der Waals surface area contributed by atoms with Gasteiger partial charge < -0.3 is 0 Å². The third-order valence-corrected chi connectivity index (χ3v) is 5.70. The second-order valence-electron chi connectivity index (χ2n) is 5.79. The molecule has 0 saturated carbocycles. The molecule has 1 aromatic heterocycles. The number of alkyl halides is 1. The van der Waals surface area contributed by atoms with Crippen LogP contribution in [0.3, 0.4) is 0 Å². The van der Waals surface area contributed by atoms with Gasteiger partial charge in [0.25, 0.3) is 0 Å². The van der Waals surface area contributed by atoms with Gasteiger partial charge in [0.05, 0.1) is 15.2 Å². The van der Waals surface area contributed by atoms with Gasteiger partial charge in [-0.15, -0.1) is 11.3 Å². The topological polar surface area (TPSA) is 12.9 Å². The first-order valence-electron chi connectivity index (χ1n) is 8.28. The zero-order chi connectivity index (χ0) is 14.9. The van der Waals surface area contributed by atoms with Gasteiger partial charge in [0.15, 0.2) is 0 Å². The Hall–Kier alpha value is -0.410. The predicted octanol–water partition coefficient (Wildman–Crippen LogP) is 6.74. The van der Waals surface area contributed by atoms with Crippen LogP contribution < -0.4 is 0 Å². The smallest absolute Gasteiger partial charge is 0.0949 e. The maximum atomic E-state index is 4.72. The summed E-state index contributed by atoms with van der Waals surface area (Å²) in [6.07, 6.45) is 12.0. The van der Waals surface area contributed by atoms with Crippen LogP contribution >= 0.6 is 27.3 Å². The van der Waals surface area contributed by atoms with Crippen LogP contribution in [0, 0.1) is 0 Å². The summed E-state index contributed by atoms with van der Waals surface area (Å²) in [5.74, 6) is 0. The van der Waals surface area contributed by atoms with Crippen LogP contribution in [0.5, 0.6) is 0 Å². The van der Waals surface area contributed by atoms with Crippen LogP contribution in [-0.4, -0.2) is 9.81 Å². The summed E-state index contributed by atoms with van der Waals surface area (Å²) in [5.41, 5.74) is 1.15. The molecule has 1 nitrogen and oxygen atoms in total. The molecular weight excluding hydrogens is 342 g/mol. The van der Waals surface area contributed by atoms with Gasteiger partial charge in [0, 0.05) is 11.2 Å². The first-order chi connectivity index (χ1) is 10.3. The van der Waals surface area contributed by atoms with E-state index in [9.17, 15) is 0 Å². The van der Waals surface area contributed by atoms with Gasteiger partial charge in [0.2, 0.25) is 0 Å².